The molecule has 2 aliphatic heterocycles. The zero-order valence-electron chi connectivity index (χ0n) is 18.4. The van der Waals surface area contributed by atoms with Gasteiger partial charge in [-0.25, -0.2) is 0 Å². The highest BCUT2D eigenvalue weighted by molar-refractivity contribution is 5.80. The summed E-state index contributed by atoms with van der Waals surface area (Å²) in [5.41, 5.74) is 1.17. The Labute approximate surface area is 175 Å². The number of methoxy groups -OCH3 is 1. The molecule has 2 fully saturated rings. The van der Waals surface area contributed by atoms with Crippen LogP contribution in [0.4, 0.5) is 5.69 Å². The molecule has 2 aliphatic rings. The highest BCUT2D eigenvalue weighted by atomic mass is 16.5. The fraction of sp³-hybridized carbons (Fsp3) is 0.682. The number of para-hydroxylation sites is 2. The molecule has 0 aromatic heterocycles. The van der Waals surface area contributed by atoms with Gasteiger partial charge < -0.3 is 24.6 Å². The lowest BCUT2D eigenvalue weighted by molar-refractivity contribution is -0.0286. The van der Waals surface area contributed by atoms with Crippen LogP contribution in [-0.2, 0) is 4.74 Å². The molecule has 29 heavy (non-hydrogen) atoms. The molecular formula is C22H37N5O2. The van der Waals surface area contributed by atoms with Crippen molar-refractivity contribution in [1.29, 1.82) is 0 Å². The van der Waals surface area contributed by atoms with Gasteiger partial charge in [-0.2, -0.15) is 0 Å². The van der Waals surface area contributed by atoms with Gasteiger partial charge in [0.2, 0.25) is 0 Å². The summed E-state index contributed by atoms with van der Waals surface area (Å²) in [6.45, 7) is 13.1. The number of hydrogen-bond donors (Lipinski definition) is 1. The number of ether oxygens (including phenoxy) is 2. The van der Waals surface area contributed by atoms with Gasteiger partial charge in [-0.3, -0.25) is 9.89 Å². The first kappa shape index (κ1) is 21.7. The third-order valence-corrected chi connectivity index (χ3v) is 5.55. The minimum atomic E-state index is 0.217. The summed E-state index contributed by atoms with van der Waals surface area (Å²) in [5, 5.41) is 3.54. The zero-order valence-corrected chi connectivity index (χ0v) is 18.4. The summed E-state index contributed by atoms with van der Waals surface area (Å²) >= 11 is 0. The molecule has 7 nitrogen and oxygen atoms in total. The normalized spacial score (nSPS) is 21.6. The molecule has 2 heterocycles. The van der Waals surface area contributed by atoms with Crippen molar-refractivity contribution in [2.75, 3.05) is 78.0 Å². The second-order valence-electron chi connectivity index (χ2n) is 8.22. The van der Waals surface area contributed by atoms with Crippen molar-refractivity contribution in [3.05, 3.63) is 24.3 Å². The smallest absolute Gasteiger partial charge is 0.193 e. The number of piperazine rings is 1. The molecule has 1 aromatic rings. The van der Waals surface area contributed by atoms with Crippen molar-refractivity contribution in [3.63, 3.8) is 0 Å². The van der Waals surface area contributed by atoms with Gasteiger partial charge in [-0.05, 0) is 18.1 Å². The minimum absolute atomic E-state index is 0.217. The van der Waals surface area contributed by atoms with Gasteiger partial charge in [0.25, 0.3) is 0 Å². The number of guanidine groups is 1. The Morgan fingerprint density at radius 2 is 1.97 bits per heavy atom. The maximum atomic E-state index is 5.97. The monoisotopic (exact) mass is 403 g/mol. The summed E-state index contributed by atoms with van der Waals surface area (Å²) in [5.74, 6) is 2.59. The van der Waals surface area contributed by atoms with E-state index >= 15 is 0 Å². The van der Waals surface area contributed by atoms with Crippen LogP contribution in [0.1, 0.15) is 13.8 Å². The molecule has 2 saturated heterocycles. The topological polar surface area (TPSA) is 52.6 Å². The number of nitrogens with one attached hydrogen (secondary N) is 1. The summed E-state index contributed by atoms with van der Waals surface area (Å²) in [6.07, 6.45) is 0.217. The third kappa shape index (κ3) is 6.00. The predicted octanol–water partition coefficient (Wildman–Crippen LogP) is 1.75. The zero-order chi connectivity index (χ0) is 20.6. The minimum Gasteiger partial charge on any atom is -0.495 e. The Balaban J connectivity index is 1.48. The molecule has 0 aliphatic carbocycles. The average Bonchev–Trinajstić information content (AvgIpc) is 2.74. The molecule has 162 valence electrons. The number of rotatable bonds is 6. The first-order valence-corrected chi connectivity index (χ1v) is 10.8. The van der Waals surface area contributed by atoms with Gasteiger partial charge in [0.15, 0.2) is 5.96 Å². The molecule has 0 bridgehead atoms. The lowest BCUT2D eigenvalue weighted by Gasteiger charge is -2.39. The van der Waals surface area contributed by atoms with Crippen LogP contribution < -0.4 is 15.0 Å². The van der Waals surface area contributed by atoms with Gasteiger partial charge in [0.1, 0.15) is 5.75 Å². The number of hydrogen-bond acceptors (Lipinski definition) is 5. The van der Waals surface area contributed by atoms with E-state index in [2.05, 4.69) is 51.0 Å². The number of nitrogens with zero attached hydrogens (tertiary/aromatic N) is 4. The van der Waals surface area contributed by atoms with Crippen molar-refractivity contribution in [1.82, 2.24) is 15.1 Å². The van der Waals surface area contributed by atoms with E-state index in [0.717, 1.165) is 70.7 Å². The molecular weight excluding hydrogens is 366 g/mol. The maximum Gasteiger partial charge on any atom is 0.193 e. The van der Waals surface area contributed by atoms with Crippen LogP contribution in [0.2, 0.25) is 0 Å². The van der Waals surface area contributed by atoms with E-state index in [9.17, 15) is 0 Å². The second kappa shape index (κ2) is 10.7. The Hall–Kier alpha value is -1.99. The van der Waals surface area contributed by atoms with Crippen LogP contribution in [0, 0.1) is 5.92 Å². The van der Waals surface area contributed by atoms with E-state index in [1.807, 2.05) is 19.2 Å². The van der Waals surface area contributed by atoms with E-state index in [4.69, 9.17) is 9.47 Å². The molecule has 3 rings (SSSR count). The first-order chi connectivity index (χ1) is 14.1. The first-order valence-electron chi connectivity index (χ1n) is 10.8. The SMILES string of the molecule is CN=C(NCC1CN(CC(C)C)CCO1)N1CCN(c2ccccc2OC)CC1. The molecule has 0 amide bonds. The van der Waals surface area contributed by atoms with Crippen molar-refractivity contribution < 1.29 is 9.47 Å². The summed E-state index contributed by atoms with van der Waals surface area (Å²) in [7, 11) is 3.60. The van der Waals surface area contributed by atoms with Crippen molar-refractivity contribution in [3.8, 4) is 5.75 Å². The van der Waals surface area contributed by atoms with Crippen LogP contribution in [0.25, 0.3) is 0 Å². The summed E-state index contributed by atoms with van der Waals surface area (Å²) in [4.78, 5) is 11.7. The van der Waals surface area contributed by atoms with Crippen molar-refractivity contribution in [2.45, 2.75) is 20.0 Å². The lowest BCUT2D eigenvalue weighted by Crippen LogP contribution is -2.55. The van der Waals surface area contributed by atoms with E-state index < -0.39 is 0 Å². The quantitative estimate of drug-likeness (QED) is 0.577. The van der Waals surface area contributed by atoms with Gasteiger partial charge in [0.05, 0.1) is 25.5 Å². The molecule has 1 aromatic carbocycles. The molecule has 1 atom stereocenters. The van der Waals surface area contributed by atoms with E-state index in [-0.39, 0.29) is 6.10 Å². The lowest BCUT2D eigenvalue weighted by atomic mass is 10.2. The largest absolute Gasteiger partial charge is 0.495 e. The summed E-state index contributed by atoms with van der Waals surface area (Å²) in [6, 6.07) is 8.23. The van der Waals surface area contributed by atoms with Gasteiger partial charge in [-0.1, -0.05) is 26.0 Å². The highest BCUT2D eigenvalue weighted by Crippen LogP contribution is 2.28. The fourth-order valence-corrected chi connectivity index (χ4v) is 4.17. The van der Waals surface area contributed by atoms with E-state index in [1.165, 1.54) is 5.69 Å². The standard InChI is InChI=1S/C22H37N5O2/c1-18(2)16-25-13-14-29-19(17-25)15-24-22(23-3)27-11-9-26(10-12-27)20-7-5-6-8-21(20)28-4/h5-8,18-19H,9-17H2,1-4H3,(H,23,24). The molecule has 1 unspecified atom stereocenters. The van der Waals surface area contributed by atoms with Gasteiger partial charge in [-0.15, -0.1) is 0 Å². The van der Waals surface area contributed by atoms with Crippen LogP contribution in [0.5, 0.6) is 5.75 Å². The Bertz CT molecular complexity index is 658. The number of benzene rings is 1. The van der Waals surface area contributed by atoms with Crippen LogP contribution in [-0.4, -0.2) is 95.0 Å². The fourth-order valence-electron chi connectivity index (χ4n) is 4.17. The number of morpholine rings is 1. The van der Waals surface area contributed by atoms with E-state index in [0.29, 0.717) is 5.92 Å². The molecule has 0 spiro atoms. The number of anilines is 1. The van der Waals surface area contributed by atoms with Crippen LogP contribution in [0.3, 0.4) is 0 Å². The van der Waals surface area contributed by atoms with E-state index in [1.54, 1.807) is 7.11 Å². The molecule has 0 saturated carbocycles. The Morgan fingerprint density at radius 1 is 1.21 bits per heavy atom. The number of aliphatic imine (C=N–C) groups is 1. The Morgan fingerprint density at radius 3 is 2.66 bits per heavy atom. The average molecular weight is 404 g/mol. The summed E-state index contributed by atoms with van der Waals surface area (Å²) < 4.78 is 11.5. The van der Waals surface area contributed by atoms with Gasteiger partial charge >= 0.3 is 0 Å². The molecule has 0 radical (unpaired) electrons. The van der Waals surface area contributed by atoms with Crippen molar-refractivity contribution in [2.24, 2.45) is 10.9 Å². The third-order valence-electron chi connectivity index (χ3n) is 5.55. The maximum absolute atomic E-state index is 5.97. The molecule has 1 N–H and O–H groups in total. The second-order valence-corrected chi connectivity index (χ2v) is 8.22. The highest BCUT2D eigenvalue weighted by Gasteiger charge is 2.24. The van der Waals surface area contributed by atoms with Crippen molar-refractivity contribution >= 4 is 11.6 Å². The predicted molar refractivity (Wildman–Crippen MR) is 119 cm³/mol. The van der Waals surface area contributed by atoms with Crippen LogP contribution >= 0.6 is 0 Å². The van der Waals surface area contributed by atoms with Gasteiger partial charge in [0, 0.05) is 59.4 Å². The van der Waals surface area contributed by atoms with Crippen LogP contribution in [0.15, 0.2) is 29.3 Å². The molecule has 7 heteroatoms. The Kier molecular flexibility index (Phi) is 8.00.